The summed E-state index contributed by atoms with van der Waals surface area (Å²) in [4.78, 5) is 6.91. The Morgan fingerprint density at radius 1 is 1.26 bits per heavy atom. The molecule has 1 fully saturated rings. The van der Waals surface area contributed by atoms with Crippen molar-refractivity contribution in [1.29, 1.82) is 0 Å². The summed E-state index contributed by atoms with van der Waals surface area (Å²) in [6.07, 6.45) is 4.52. The Morgan fingerprint density at radius 2 is 2.11 bits per heavy atom. The van der Waals surface area contributed by atoms with Gasteiger partial charge >= 0.3 is 0 Å². The minimum absolute atomic E-state index is 0.325. The number of thiophene rings is 1. The number of aromatic nitrogens is 1. The first-order chi connectivity index (χ1) is 9.33. The van der Waals surface area contributed by atoms with Crippen molar-refractivity contribution >= 4 is 22.8 Å². The third-order valence-corrected chi connectivity index (χ3v) is 4.31. The lowest BCUT2D eigenvalue weighted by Gasteiger charge is -2.18. The molecule has 3 rings (SSSR count). The molecule has 1 aliphatic rings. The number of rotatable bonds is 4. The molecule has 3 heterocycles. The third kappa shape index (κ3) is 2.89. The van der Waals surface area contributed by atoms with E-state index in [0.29, 0.717) is 6.04 Å². The number of anilines is 2. The topological polar surface area (TPSA) is 28.2 Å². The molecular weight excluding hydrogens is 254 g/mol. The Balaban J connectivity index is 1.65. The fourth-order valence-corrected chi connectivity index (χ4v) is 3.21. The highest BCUT2D eigenvalue weighted by molar-refractivity contribution is 7.07. The van der Waals surface area contributed by atoms with E-state index in [0.717, 1.165) is 24.6 Å². The minimum Gasteiger partial charge on any atom is -0.377 e. The highest BCUT2D eigenvalue weighted by Crippen LogP contribution is 2.23. The normalized spacial score (nSPS) is 16.6. The molecule has 1 saturated heterocycles. The second-order valence-electron chi connectivity index (χ2n) is 5.02. The first kappa shape index (κ1) is 12.5. The Labute approximate surface area is 118 Å². The average Bonchev–Trinajstić information content (AvgIpc) is 3.13. The second kappa shape index (κ2) is 5.61. The van der Waals surface area contributed by atoms with Crippen LogP contribution in [-0.4, -0.2) is 18.1 Å². The van der Waals surface area contributed by atoms with Crippen molar-refractivity contribution in [2.45, 2.75) is 25.8 Å². The largest absolute Gasteiger partial charge is 0.377 e. The zero-order valence-corrected chi connectivity index (χ0v) is 12.0. The minimum atomic E-state index is 0.325. The zero-order chi connectivity index (χ0) is 13.1. The van der Waals surface area contributed by atoms with Gasteiger partial charge in [-0.25, -0.2) is 4.98 Å². The van der Waals surface area contributed by atoms with Crippen LogP contribution in [0.15, 0.2) is 35.2 Å². The van der Waals surface area contributed by atoms with Crippen LogP contribution in [0, 0.1) is 0 Å². The molecule has 19 heavy (non-hydrogen) atoms. The molecular formula is C15H19N3S. The lowest BCUT2D eigenvalue weighted by Crippen LogP contribution is -2.18. The molecule has 0 aliphatic carbocycles. The van der Waals surface area contributed by atoms with E-state index >= 15 is 0 Å². The van der Waals surface area contributed by atoms with Crippen molar-refractivity contribution in [2.75, 3.05) is 23.3 Å². The summed E-state index contributed by atoms with van der Waals surface area (Å²) in [6, 6.07) is 6.73. The molecule has 2 aromatic rings. The van der Waals surface area contributed by atoms with Gasteiger partial charge in [0.15, 0.2) is 0 Å². The van der Waals surface area contributed by atoms with Gasteiger partial charge in [0.05, 0.1) is 11.9 Å². The standard InChI is InChI=1S/C15H19N3S/c1-12(13-6-9-19-11-13)17-14-4-5-15(16-10-14)18-7-2-3-8-18/h4-6,9-12,17H,2-3,7-8H2,1H3. The first-order valence-electron chi connectivity index (χ1n) is 6.82. The number of nitrogens with one attached hydrogen (secondary N) is 1. The molecule has 0 radical (unpaired) electrons. The average molecular weight is 273 g/mol. The van der Waals surface area contributed by atoms with Gasteiger partial charge in [0, 0.05) is 19.1 Å². The van der Waals surface area contributed by atoms with Crippen LogP contribution < -0.4 is 10.2 Å². The van der Waals surface area contributed by atoms with E-state index in [4.69, 9.17) is 0 Å². The van der Waals surface area contributed by atoms with E-state index in [1.54, 1.807) is 11.3 Å². The van der Waals surface area contributed by atoms with E-state index in [1.165, 1.54) is 18.4 Å². The molecule has 1 unspecified atom stereocenters. The quantitative estimate of drug-likeness (QED) is 0.915. The lowest BCUT2D eigenvalue weighted by atomic mass is 10.2. The zero-order valence-electron chi connectivity index (χ0n) is 11.2. The summed E-state index contributed by atoms with van der Waals surface area (Å²) in [6.45, 7) is 4.46. The highest BCUT2D eigenvalue weighted by Gasteiger charge is 2.13. The Morgan fingerprint density at radius 3 is 2.74 bits per heavy atom. The number of nitrogens with zero attached hydrogens (tertiary/aromatic N) is 2. The third-order valence-electron chi connectivity index (χ3n) is 3.60. The van der Waals surface area contributed by atoms with Crippen molar-refractivity contribution < 1.29 is 0 Å². The van der Waals surface area contributed by atoms with Gasteiger partial charge in [-0.2, -0.15) is 11.3 Å². The molecule has 2 aromatic heterocycles. The highest BCUT2D eigenvalue weighted by atomic mass is 32.1. The summed E-state index contributed by atoms with van der Waals surface area (Å²) in [5.41, 5.74) is 2.41. The van der Waals surface area contributed by atoms with Crippen molar-refractivity contribution in [2.24, 2.45) is 0 Å². The summed E-state index contributed by atoms with van der Waals surface area (Å²) in [7, 11) is 0. The smallest absolute Gasteiger partial charge is 0.128 e. The predicted octanol–water partition coefficient (Wildman–Crippen LogP) is 3.92. The van der Waals surface area contributed by atoms with Crippen molar-refractivity contribution in [1.82, 2.24) is 4.98 Å². The lowest BCUT2D eigenvalue weighted by molar-refractivity contribution is 0.885. The summed E-state index contributed by atoms with van der Waals surface area (Å²) >= 11 is 1.74. The van der Waals surface area contributed by atoms with Crippen LogP contribution in [-0.2, 0) is 0 Å². The van der Waals surface area contributed by atoms with Crippen molar-refractivity contribution in [3.8, 4) is 0 Å². The fourth-order valence-electron chi connectivity index (χ4n) is 2.46. The molecule has 3 nitrogen and oxygen atoms in total. The van der Waals surface area contributed by atoms with Crippen LogP contribution in [0.1, 0.15) is 31.4 Å². The van der Waals surface area contributed by atoms with Crippen LogP contribution in [0.4, 0.5) is 11.5 Å². The molecule has 100 valence electrons. The van der Waals surface area contributed by atoms with Crippen LogP contribution in [0.25, 0.3) is 0 Å². The van der Waals surface area contributed by atoms with Gasteiger partial charge < -0.3 is 10.2 Å². The number of pyridine rings is 1. The Bertz CT molecular complexity index is 501. The fraction of sp³-hybridized carbons (Fsp3) is 0.400. The maximum atomic E-state index is 4.56. The van der Waals surface area contributed by atoms with Gasteiger partial charge in [0.25, 0.3) is 0 Å². The molecule has 0 spiro atoms. The summed E-state index contributed by atoms with van der Waals surface area (Å²) in [5, 5.41) is 7.79. The van der Waals surface area contributed by atoms with Crippen LogP contribution >= 0.6 is 11.3 Å². The SMILES string of the molecule is CC(Nc1ccc(N2CCCC2)nc1)c1ccsc1. The molecule has 0 amide bonds. The molecule has 0 bridgehead atoms. The second-order valence-corrected chi connectivity index (χ2v) is 5.80. The monoisotopic (exact) mass is 273 g/mol. The van der Waals surface area contributed by atoms with Gasteiger partial charge in [0.2, 0.25) is 0 Å². The molecule has 0 aromatic carbocycles. The Kier molecular flexibility index (Phi) is 3.69. The van der Waals surface area contributed by atoms with E-state index < -0.39 is 0 Å². The number of hydrogen-bond acceptors (Lipinski definition) is 4. The van der Waals surface area contributed by atoms with Crippen molar-refractivity contribution in [3.05, 3.63) is 40.7 Å². The van der Waals surface area contributed by atoms with Crippen LogP contribution in [0.2, 0.25) is 0 Å². The molecule has 1 atom stereocenters. The van der Waals surface area contributed by atoms with Crippen molar-refractivity contribution in [3.63, 3.8) is 0 Å². The Hall–Kier alpha value is -1.55. The van der Waals surface area contributed by atoms with Crippen LogP contribution in [0.5, 0.6) is 0 Å². The maximum absolute atomic E-state index is 4.56. The van der Waals surface area contributed by atoms with E-state index in [2.05, 4.69) is 51.1 Å². The molecule has 4 heteroatoms. The van der Waals surface area contributed by atoms with E-state index in [1.807, 2.05) is 6.20 Å². The van der Waals surface area contributed by atoms with E-state index in [9.17, 15) is 0 Å². The summed E-state index contributed by atoms with van der Waals surface area (Å²) < 4.78 is 0. The van der Waals surface area contributed by atoms with Gasteiger partial charge in [-0.1, -0.05) is 0 Å². The predicted molar refractivity (Wildman–Crippen MR) is 82.0 cm³/mol. The van der Waals surface area contributed by atoms with Gasteiger partial charge in [-0.3, -0.25) is 0 Å². The molecule has 1 N–H and O–H groups in total. The molecule has 0 saturated carbocycles. The van der Waals surface area contributed by atoms with E-state index in [-0.39, 0.29) is 0 Å². The van der Waals surface area contributed by atoms with Gasteiger partial charge in [-0.15, -0.1) is 0 Å². The number of hydrogen-bond donors (Lipinski definition) is 1. The molecule has 1 aliphatic heterocycles. The van der Waals surface area contributed by atoms with Gasteiger partial charge in [0.1, 0.15) is 5.82 Å². The maximum Gasteiger partial charge on any atom is 0.128 e. The van der Waals surface area contributed by atoms with Crippen LogP contribution in [0.3, 0.4) is 0 Å². The summed E-state index contributed by atoms with van der Waals surface area (Å²) in [5.74, 6) is 1.10. The first-order valence-corrected chi connectivity index (χ1v) is 7.77. The van der Waals surface area contributed by atoms with Gasteiger partial charge in [-0.05, 0) is 54.3 Å².